The van der Waals surface area contributed by atoms with Crippen molar-refractivity contribution < 1.29 is 27.3 Å². The van der Waals surface area contributed by atoms with Gasteiger partial charge in [-0.15, -0.1) is 54.1 Å². The molecule has 0 aliphatic rings. The first-order chi connectivity index (χ1) is 25.6. The van der Waals surface area contributed by atoms with Crippen LogP contribution in [0.1, 0.15) is 45.9 Å². The van der Waals surface area contributed by atoms with Crippen molar-refractivity contribution in [3.8, 4) is 28.3 Å². The maximum Gasteiger partial charge on any atom is 0.216 e. The summed E-state index contributed by atoms with van der Waals surface area (Å²) in [5.41, 5.74) is 10.7. The van der Waals surface area contributed by atoms with E-state index in [0.717, 1.165) is 72.2 Å². The molecule has 0 bridgehead atoms. The molecule has 8 aromatic rings. The van der Waals surface area contributed by atoms with Gasteiger partial charge in [-0.05, 0) is 78.8 Å². The Morgan fingerprint density at radius 1 is 0.811 bits per heavy atom. The van der Waals surface area contributed by atoms with E-state index < -0.39 is 19.9 Å². The Hall–Kier alpha value is -4.68. The average Bonchev–Trinajstić information content (AvgIpc) is 3.69. The number of benzene rings is 4. The third-order valence-corrected chi connectivity index (χ3v) is 11.1. The largest absolute Gasteiger partial charge is 0.486 e. The summed E-state index contributed by atoms with van der Waals surface area (Å²) in [7, 11) is -1.70. The van der Waals surface area contributed by atoms with Crippen LogP contribution in [0.2, 0.25) is 19.6 Å². The predicted octanol–water partition coefficient (Wildman–Crippen LogP) is 11.4. The molecule has 271 valence electrons. The van der Waals surface area contributed by atoms with Crippen molar-refractivity contribution >= 4 is 46.4 Å². The predicted molar refractivity (Wildman–Crippen MR) is 219 cm³/mol. The summed E-state index contributed by atoms with van der Waals surface area (Å²) < 4.78 is 26.0. The van der Waals surface area contributed by atoms with Crippen molar-refractivity contribution in [3.63, 3.8) is 0 Å². The molecule has 8 rings (SSSR count). The van der Waals surface area contributed by atoms with Gasteiger partial charge in [0.25, 0.3) is 0 Å². The number of nitrogens with zero attached hydrogens (tertiary/aromatic N) is 4. The van der Waals surface area contributed by atoms with E-state index in [1.165, 1.54) is 11.1 Å². The summed E-state index contributed by atoms with van der Waals surface area (Å²) in [6.45, 7) is 18.8. The minimum atomic E-state index is -1.70. The zero-order chi connectivity index (χ0) is 38.6. The van der Waals surface area contributed by atoms with Gasteiger partial charge < -0.3 is 14.0 Å². The van der Waals surface area contributed by atoms with Gasteiger partial charge in [0.15, 0.2) is 0 Å². The van der Waals surface area contributed by atoms with Gasteiger partial charge in [-0.1, -0.05) is 93.3 Å². The molecule has 0 aliphatic carbocycles. The van der Waals surface area contributed by atoms with Crippen molar-refractivity contribution in [2.24, 2.45) is 5.41 Å². The molecule has 4 aromatic carbocycles. The Labute approximate surface area is 330 Å². The summed E-state index contributed by atoms with van der Waals surface area (Å²) in [4.78, 5) is 14.2. The molecule has 0 atom stereocenters. The molecule has 0 N–H and O–H groups in total. The number of hydrogen-bond donors (Lipinski definition) is 0. The van der Waals surface area contributed by atoms with E-state index >= 15 is 0 Å². The second-order valence-corrected chi connectivity index (χ2v) is 20.6. The molecule has 4 aromatic heterocycles. The number of hydrogen-bond acceptors (Lipinski definition) is 4. The van der Waals surface area contributed by atoms with E-state index in [-0.39, 0.29) is 20.1 Å². The van der Waals surface area contributed by atoms with E-state index in [1.807, 2.05) is 94.6 Å². The Morgan fingerprint density at radius 3 is 2.25 bits per heavy atom. The van der Waals surface area contributed by atoms with Crippen LogP contribution in [0.5, 0.6) is 0 Å². The van der Waals surface area contributed by atoms with E-state index in [2.05, 4.69) is 96.6 Å². The number of para-hydroxylation sites is 3. The SMILES string of the molecule is Cc1ccc2c(n1)oc1c(-c3nc4ccccc4n3-c3c(C)cccc3C)[c-]ccc12.[2H]C([2H])(c1cc(-c2[c-]cccc2)ncc1[Si](C)(C)C)C(C)(C)C.[Ir]. The van der Waals surface area contributed by atoms with E-state index in [9.17, 15) is 0 Å². The molecular formula is C46H46IrN4OSi-2. The molecule has 0 spiro atoms. The first-order valence-corrected chi connectivity index (χ1v) is 21.3. The van der Waals surface area contributed by atoms with Crippen LogP contribution in [0.4, 0.5) is 0 Å². The second-order valence-electron chi connectivity index (χ2n) is 15.5. The van der Waals surface area contributed by atoms with Gasteiger partial charge in [-0.25, -0.2) is 4.98 Å². The van der Waals surface area contributed by atoms with Crippen LogP contribution in [-0.4, -0.2) is 27.6 Å². The van der Waals surface area contributed by atoms with Gasteiger partial charge in [0.05, 0.1) is 30.5 Å². The fourth-order valence-corrected chi connectivity index (χ4v) is 8.11. The topological polar surface area (TPSA) is 56.7 Å². The first kappa shape index (κ1) is 35.4. The number of aromatic nitrogens is 4. The fourth-order valence-electron chi connectivity index (χ4n) is 6.72. The maximum absolute atomic E-state index is 8.75. The normalized spacial score (nSPS) is 12.6. The number of imidazole rings is 1. The van der Waals surface area contributed by atoms with Crippen molar-refractivity contribution in [3.05, 3.63) is 138 Å². The monoisotopic (exact) mass is 893 g/mol. The van der Waals surface area contributed by atoms with Gasteiger partial charge in [0.1, 0.15) is 0 Å². The van der Waals surface area contributed by atoms with Crippen molar-refractivity contribution in [1.82, 2.24) is 19.5 Å². The van der Waals surface area contributed by atoms with E-state index in [4.69, 9.17) is 12.1 Å². The van der Waals surface area contributed by atoms with Crippen LogP contribution in [0.15, 0.2) is 108 Å². The van der Waals surface area contributed by atoms with Crippen LogP contribution in [0, 0.1) is 38.3 Å². The summed E-state index contributed by atoms with van der Waals surface area (Å²) in [6.07, 6.45) is 0.469. The van der Waals surface area contributed by atoms with Crippen LogP contribution in [-0.2, 0) is 26.5 Å². The molecule has 1 radical (unpaired) electrons. The Bertz CT molecular complexity index is 2630. The summed E-state index contributed by atoms with van der Waals surface area (Å²) >= 11 is 0. The minimum absolute atomic E-state index is 0. The van der Waals surface area contributed by atoms with Gasteiger partial charge in [-0.3, -0.25) is 4.98 Å². The van der Waals surface area contributed by atoms with Gasteiger partial charge in [-0.2, -0.15) is 0 Å². The molecule has 0 amide bonds. The molecule has 0 saturated carbocycles. The standard InChI is InChI=1S/C27H20N3O.C19H26NSi.Ir/c1-16-8-6-9-17(2)24(16)30-23-13-5-4-12-22(23)29-26(30)21-11-7-10-19-20-15-14-18(3)28-27(20)31-25(19)21;1-19(2,3)13-16-12-17(15-10-8-7-9-11-15)20-14-18(16)21(4,5)6;/h4-10,12-15H,1-3H3;7-10,12,14H,13H2,1-6H3;/q2*-1;/i;13D2;. The molecular weight excluding hydrogens is 845 g/mol. The summed E-state index contributed by atoms with van der Waals surface area (Å²) in [6, 6.07) is 38.9. The van der Waals surface area contributed by atoms with Crippen LogP contribution in [0.25, 0.3) is 61.4 Å². The van der Waals surface area contributed by atoms with Gasteiger partial charge in [0, 0.05) is 45.8 Å². The quantitative estimate of drug-likeness (QED) is 0.128. The summed E-state index contributed by atoms with van der Waals surface area (Å²) in [5, 5.41) is 3.12. The first-order valence-electron chi connectivity index (χ1n) is 18.8. The zero-order valence-electron chi connectivity index (χ0n) is 33.8. The molecule has 0 fully saturated rings. The fraction of sp³-hybridized carbons (Fsp3) is 0.239. The number of furan rings is 1. The Balaban J connectivity index is 0.000000193. The number of rotatable bonds is 5. The Kier molecular flexibility index (Phi) is 9.99. The van der Waals surface area contributed by atoms with Gasteiger partial charge >= 0.3 is 0 Å². The van der Waals surface area contributed by atoms with E-state index in [1.54, 1.807) is 0 Å². The molecule has 53 heavy (non-hydrogen) atoms. The van der Waals surface area contributed by atoms with Crippen molar-refractivity contribution in [2.45, 2.75) is 67.6 Å². The molecule has 7 heteroatoms. The molecule has 0 aliphatic heterocycles. The maximum atomic E-state index is 8.75. The van der Waals surface area contributed by atoms with Crippen molar-refractivity contribution in [2.75, 3.05) is 0 Å². The van der Waals surface area contributed by atoms with Crippen molar-refractivity contribution in [1.29, 1.82) is 0 Å². The molecule has 5 nitrogen and oxygen atoms in total. The van der Waals surface area contributed by atoms with Crippen LogP contribution in [0.3, 0.4) is 0 Å². The third kappa shape index (κ3) is 7.84. The molecule has 4 heterocycles. The van der Waals surface area contributed by atoms with Crippen LogP contribution >= 0.6 is 0 Å². The zero-order valence-corrected chi connectivity index (χ0v) is 35.2. The number of pyridine rings is 2. The van der Waals surface area contributed by atoms with E-state index in [0.29, 0.717) is 5.71 Å². The molecule has 0 unspecified atom stereocenters. The minimum Gasteiger partial charge on any atom is -0.486 e. The Morgan fingerprint density at radius 2 is 1.55 bits per heavy atom. The number of fused-ring (bicyclic) bond motifs is 4. The van der Waals surface area contributed by atoms with Gasteiger partial charge in [0.2, 0.25) is 5.71 Å². The number of aryl methyl sites for hydroxylation is 3. The average molecular weight is 893 g/mol. The smallest absolute Gasteiger partial charge is 0.216 e. The third-order valence-electron chi connectivity index (χ3n) is 9.09. The summed E-state index contributed by atoms with van der Waals surface area (Å²) in [5.74, 6) is 0.819. The second kappa shape index (κ2) is 15.0. The molecule has 0 saturated heterocycles. The van der Waals surface area contributed by atoms with Crippen LogP contribution < -0.4 is 5.19 Å².